The van der Waals surface area contributed by atoms with Gasteiger partial charge in [-0.2, -0.15) is 0 Å². The Morgan fingerprint density at radius 3 is 2.53 bits per heavy atom. The molecule has 0 saturated carbocycles. The van der Waals surface area contributed by atoms with Gasteiger partial charge in [0.25, 0.3) is 5.91 Å². The molecule has 0 aliphatic heterocycles. The normalized spacial score (nSPS) is 10.3. The summed E-state index contributed by atoms with van der Waals surface area (Å²) < 4.78 is 0. The molecule has 0 aliphatic carbocycles. The van der Waals surface area contributed by atoms with E-state index in [2.05, 4.69) is 5.32 Å². The van der Waals surface area contributed by atoms with Crippen molar-refractivity contribution in [2.24, 2.45) is 0 Å². The van der Waals surface area contributed by atoms with Crippen LogP contribution in [0.15, 0.2) is 29.6 Å². The first-order valence-corrected chi connectivity index (χ1v) is 6.39. The van der Waals surface area contributed by atoms with E-state index in [1.165, 1.54) is 16.9 Å². The van der Waals surface area contributed by atoms with Crippen LogP contribution in [0.5, 0.6) is 0 Å². The van der Waals surface area contributed by atoms with Gasteiger partial charge in [0, 0.05) is 5.69 Å². The topological polar surface area (TPSA) is 29.1 Å². The summed E-state index contributed by atoms with van der Waals surface area (Å²) in [4.78, 5) is 12.8. The minimum atomic E-state index is -0.0220. The number of carbonyl (C=O) groups excluding carboxylic acids is 1. The van der Waals surface area contributed by atoms with Gasteiger partial charge < -0.3 is 5.32 Å². The lowest BCUT2D eigenvalue weighted by Gasteiger charge is -2.09. The molecule has 0 unspecified atom stereocenters. The molecule has 3 heteroatoms. The summed E-state index contributed by atoms with van der Waals surface area (Å²) in [5.74, 6) is -0.0220. The molecule has 0 aliphatic rings. The fourth-order valence-electron chi connectivity index (χ4n) is 1.67. The second-order valence-electron chi connectivity index (χ2n) is 4.13. The van der Waals surface area contributed by atoms with Crippen LogP contribution in [0.1, 0.15) is 26.4 Å². The van der Waals surface area contributed by atoms with E-state index in [0.717, 1.165) is 21.7 Å². The first-order valence-electron chi connectivity index (χ1n) is 5.51. The van der Waals surface area contributed by atoms with Gasteiger partial charge in [-0.3, -0.25) is 4.79 Å². The second kappa shape index (κ2) is 4.72. The molecule has 2 rings (SSSR count). The molecule has 1 heterocycles. The van der Waals surface area contributed by atoms with Crippen LogP contribution < -0.4 is 5.32 Å². The van der Waals surface area contributed by atoms with Crippen LogP contribution >= 0.6 is 11.3 Å². The SMILES string of the molecule is Cc1ccsc1C(=O)Nc1cccc(C)c1C. The summed E-state index contributed by atoms with van der Waals surface area (Å²) in [5, 5.41) is 4.90. The van der Waals surface area contributed by atoms with Gasteiger partial charge >= 0.3 is 0 Å². The quantitative estimate of drug-likeness (QED) is 0.853. The Bertz CT molecular complexity index is 557. The van der Waals surface area contributed by atoms with Crippen LogP contribution in [-0.2, 0) is 0 Å². The molecule has 0 saturated heterocycles. The fourth-order valence-corrected chi connectivity index (χ4v) is 2.49. The summed E-state index contributed by atoms with van der Waals surface area (Å²) in [5.41, 5.74) is 4.22. The number of nitrogens with one attached hydrogen (secondary N) is 1. The molecule has 0 bridgehead atoms. The minimum Gasteiger partial charge on any atom is -0.321 e. The summed E-state index contributed by atoms with van der Waals surface area (Å²) in [6.07, 6.45) is 0. The Labute approximate surface area is 105 Å². The van der Waals surface area contributed by atoms with Crippen LogP contribution in [0.2, 0.25) is 0 Å². The van der Waals surface area contributed by atoms with Crippen molar-refractivity contribution in [3.63, 3.8) is 0 Å². The van der Waals surface area contributed by atoms with Crippen LogP contribution in [0.4, 0.5) is 5.69 Å². The van der Waals surface area contributed by atoms with Crippen molar-refractivity contribution in [1.82, 2.24) is 0 Å². The molecule has 0 atom stereocenters. The van der Waals surface area contributed by atoms with Gasteiger partial charge in [0.1, 0.15) is 0 Å². The highest BCUT2D eigenvalue weighted by atomic mass is 32.1. The number of aryl methyl sites for hydroxylation is 2. The van der Waals surface area contributed by atoms with E-state index in [1.807, 2.05) is 50.4 Å². The number of carbonyl (C=O) groups is 1. The monoisotopic (exact) mass is 245 g/mol. The summed E-state index contributed by atoms with van der Waals surface area (Å²) in [6, 6.07) is 7.90. The molecule has 1 N–H and O–H groups in total. The molecule has 0 fully saturated rings. The zero-order valence-corrected chi connectivity index (χ0v) is 11.0. The zero-order chi connectivity index (χ0) is 12.4. The van der Waals surface area contributed by atoms with E-state index in [9.17, 15) is 4.79 Å². The number of hydrogen-bond acceptors (Lipinski definition) is 2. The van der Waals surface area contributed by atoms with Crippen molar-refractivity contribution in [1.29, 1.82) is 0 Å². The van der Waals surface area contributed by atoms with Crippen molar-refractivity contribution in [3.8, 4) is 0 Å². The molecule has 1 aromatic carbocycles. The maximum atomic E-state index is 12.1. The number of amides is 1. The highest BCUT2D eigenvalue weighted by molar-refractivity contribution is 7.12. The summed E-state index contributed by atoms with van der Waals surface area (Å²) >= 11 is 1.47. The van der Waals surface area contributed by atoms with Gasteiger partial charge in [0.05, 0.1) is 4.88 Å². The van der Waals surface area contributed by atoms with Gasteiger partial charge in [-0.25, -0.2) is 0 Å². The number of benzene rings is 1. The molecule has 0 radical (unpaired) electrons. The molecule has 1 amide bonds. The molecule has 1 aromatic heterocycles. The lowest BCUT2D eigenvalue weighted by molar-refractivity contribution is 0.103. The Hall–Kier alpha value is -1.61. The average Bonchev–Trinajstić information content (AvgIpc) is 2.71. The van der Waals surface area contributed by atoms with Crippen molar-refractivity contribution in [2.45, 2.75) is 20.8 Å². The summed E-state index contributed by atoms with van der Waals surface area (Å²) in [7, 11) is 0. The van der Waals surface area contributed by atoms with Crippen LogP contribution in [0, 0.1) is 20.8 Å². The van der Waals surface area contributed by atoms with E-state index >= 15 is 0 Å². The fraction of sp³-hybridized carbons (Fsp3) is 0.214. The van der Waals surface area contributed by atoms with Crippen LogP contribution in [-0.4, -0.2) is 5.91 Å². The van der Waals surface area contributed by atoms with E-state index in [4.69, 9.17) is 0 Å². The van der Waals surface area contributed by atoms with E-state index in [0.29, 0.717) is 0 Å². The van der Waals surface area contributed by atoms with E-state index in [-0.39, 0.29) is 5.91 Å². The third kappa shape index (κ3) is 2.39. The van der Waals surface area contributed by atoms with Gasteiger partial charge in [-0.15, -0.1) is 11.3 Å². The first kappa shape index (κ1) is 11.9. The Balaban J connectivity index is 2.25. The average molecular weight is 245 g/mol. The van der Waals surface area contributed by atoms with Crippen molar-refractivity contribution in [3.05, 3.63) is 51.2 Å². The van der Waals surface area contributed by atoms with Gasteiger partial charge in [0.15, 0.2) is 0 Å². The molecule has 88 valence electrons. The van der Waals surface area contributed by atoms with Crippen molar-refractivity contribution >= 4 is 22.9 Å². The third-order valence-corrected chi connectivity index (χ3v) is 3.94. The molecule has 2 aromatic rings. The zero-order valence-electron chi connectivity index (χ0n) is 10.2. The predicted molar refractivity (Wildman–Crippen MR) is 72.9 cm³/mol. The Kier molecular flexibility index (Phi) is 3.29. The highest BCUT2D eigenvalue weighted by Gasteiger charge is 2.11. The van der Waals surface area contributed by atoms with Crippen molar-refractivity contribution < 1.29 is 4.79 Å². The Morgan fingerprint density at radius 1 is 1.12 bits per heavy atom. The molecule has 0 spiro atoms. The van der Waals surface area contributed by atoms with Gasteiger partial charge in [-0.05, 0) is 55.0 Å². The predicted octanol–water partition coefficient (Wildman–Crippen LogP) is 3.93. The summed E-state index contributed by atoms with van der Waals surface area (Å²) in [6.45, 7) is 6.02. The largest absolute Gasteiger partial charge is 0.321 e. The number of thiophene rings is 1. The van der Waals surface area contributed by atoms with E-state index < -0.39 is 0 Å². The molecule has 2 nitrogen and oxygen atoms in total. The smallest absolute Gasteiger partial charge is 0.266 e. The van der Waals surface area contributed by atoms with Gasteiger partial charge in [0.2, 0.25) is 0 Å². The third-order valence-electron chi connectivity index (χ3n) is 2.92. The lowest BCUT2D eigenvalue weighted by Crippen LogP contribution is -2.12. The standard InChI is InChI=1S/C14H15NOS/c1-9-5-4-6-12(11(9)3)15-14(16)13-10(2)7-8-17-13/h4-8H,1-3H3,(H,15,16). The number of rotatable bonds is 2. The molecule has 17 heavy (non-hydrogen) atoms. The lowest BCUT2D eigenvalue weighted by atomic mass is 10.1. The Morgan fingerprint density at radius 2 is 1.88 bits per heavy atom. The van der Waals surface area contributed by atoms with Crippen LogP contribution in [0.25, 0.3) is 0 Å². The second-order valence-corrected chi connectivity index (χ2v) is 5.05. The number of hydrogen-bond donors (Lipinski definition) is 1. The first-order chi connectivity index (χ1) is 8.09. The maximum absolute atomic E-state index is 12.1. The minimum absolute atomic E-state index is 0.0220. The molecular formula is C14H15NOS. The number of anilines is 1. The maximum Gasteiger partial charge on any atom is 0.266 e. The molecular weight excluding hydrogens is 230 g/mol. The highest BCUT2D eigenvalue weighted by Crippen LogP contribution is 2.21. The van der Waals surface area contributed by atoms with Gasteiger partial charge in [-0.1, -0.05) is 12.1 Å². The van der Waals surface area contributed by atoms with Crippen molar-refractivity contribution in [2.75, 3.05) is 5.32 Å². The van der Waals surface area contributed by atoms with E-state index in [1.54, 1.807) is 0 Å². The van der Waals surface area contributed by atoms with Crippen LogP contribution in [0.3, 0.4) is 0 Å².